The Hall–Kier alpha value is -2.34. The Morgan fingerprint density at radius 1 is 1.28 bits per heavy atom. The molecule has 0 aliphatic heterocycles. The lowest BCUT2D eigenvalue weighted by Gasteiger charge is -2.08. The first kappa shape index (κ1) is 12.1. The van der Waals surface area contributed by atoms with Crippen LogP contribution in [0.1, 0.15) is 10.4 Å². The number of anilines is 1. The maximum absolute atomic E-state index is 11.2. The lowest BCUT2D eigenvalue weighted by molar-refractivity contribution is 0.0998. The summed E-state index contributed by atoms with van der Waals surface area (Å²) in [5, 5.41) is 0.147. The van der Waals surface area contributed by atoms with Gasteiger partial charge in [-0.1, -0.05) is 23.7 Å². The number of aromatic nitrogens is 2. The average molecular weight is 265 g/mol. The molecule has 0 aliphatic carbocycles. The van der Waals surface area contributed by atoms with Crippen molar-refractivity contribution < 1.29 is 9.53 Å². The van der Waals surface area contributed by atoms with Gasteiger partial charge in [0, 0.05) is 6.07 Å². The number of para-hydroxylation sites is 1. The summed E-state index contributed by atoms with van der Waals surface area (Å²) >= 11 is 5.72. The van der Waals surface area contributed by atoms with Gasteiger partial charge in [-0.15, -0.1) is 0 Å². The van der Waals surface area contributed by atoms with E-state index in [1.807, 2.05) is 0 Å². The summed E-state index contributed by atoms with van der Waals surface area (Å²) in [5.74, 6) is -0.201. The van der Waals surface area contributed by atoms with Crippen molar-refractivity contribution in [2.24, 2.45) is 5.73 Å². The predicted octanol–water partition coefficient (Wildman–Crippen LogP) is 1.60. The first-order valence-corrected chi connectivity index (χ1v) is 5.31. The van der Waals surface area contributed by atoms with E-state index in [2.05, 4.69) is 9.97 Å². The molecule has 1 aromatic carbocycles. The van der Waals surface area contributed by atoms with E-state index in [0.29, 0.717) is 0 Å². The molecule has 0 atom stereocenters. The molecular formula is C11H9ClN4O2. The number of carbonyl (C=O) groups excluding carboxylic acids is 1. The second-order valence-electron chi connectivity index (χ2n) is 3.35. The third-order valence-electron chi connectivity index (χ3n) is 2.06. The highest BCUT2D eigenvalue weighted by Gasteiger charge is 2.10. The molecule has 7 heteroatoms. The van der Waals surface area contributed by atoms with Crippen molar-refractivity contribution >= 4 is 23.5 Å². The Kier molecular flexibility index (Phi) is 3.29. The molecule has 0 aliphatic rings. The van der Waals surface area contributed by atoms with Crippen LogP contribution in [0.3, 0.4) is 0 Å². The minimum Gasteiger partial charge on any atom is -0.438 e. The van der Waals surface area contributed by atoms with Crippen LogP contribution in [-0.4, -0.2) is 15.9 Å². The molecule has 1 heterocycles. The van der Waals surface area contributed by atoms with E-state index in [1.165, 1.54) is 6.07 Å². The van der Waals surface area contributed by atoms with Crippen LogP contribution >= 0.6 is 11.6 Å². The fraction of sp³-hybridized carbons (Fsp3) is 0. The predicted molar refractivity (Wildman–Crippen MR) is 66.5 cm³/mol. The summed E-state index contributed by atoms with van der Waals surface area (Å²) in [6.07, 6.45) is 0. The van der Waals surface area contributed by atoms with Crippen LogP contribution in [0.15, 0.2) is 30.3 Å². The first-order valence-electron chi connectivity index (χ1n) is 4.93. The van der Waals surface area contributed by atoms with Gasteiger partial charge in [-0.3, -0.25) is 4.79 Å². The molecule has 0 saturated heterocycles. The molecule has 4 N–H and O–H groups in total. The summed E-state index contributed by atoms with van der Waals surface area (Å²) in [7, 11) is 0. The van der Waals surface area contributed by atoms with Gasteiger partial charge in [-0.05, 0) is 12.1 Å². The molecule has 0 saturated carbocycles. The standard InChI is InChI=1S/C11H9ClN4O2/c12-8-5-9(16-11(14)15-8)18-7-4-2-1-3-6(7)10(13)17/h1-5H,(H2,13,17)(H2,14,15,16). The maximum atomic E-state index is 11.2. The van der Waals surface area contributed by atoms with E-state index in [4.69, 9.17) is 27.8 Å². The van der Waals surface area contributed by atoms with Gasteiger partial charge >= 0.3 is 0 Å². The van der Waals surface area contributed by atoms with Crippen molar-refractivity contribution in [3.05, 3.63) is 41.0 Å². The Morgan fingerprint density at radius 2 is 2.00 bits per heavy atom. The zero-order valence-corrected chi connectivity index (χ0v) is 9.89. The zero-order valence-electron chi connectivity index (χ0n) is 9.13. The van der Waals surface area contributed by atoms with Gasteiger partial charge in [-0.2, -0.15) is 4.98 Å². The van der Waals surface area contributed by atoms with Gasteiger partial charge in [-0.25, -0.2) is 4.98 Å². The van der Waals surface area contributed by atoms with Crippen LogP contribution in [0.5, 0.6) is 11.6 Å². The van der Waals surface area contributed by atoms with Crippen molar-refractivity contribution in [3.63, 3.8) is 0 Å². The molecule has 0 unspecified atom stereocenters. The van der Waals surface area contributed by atoms with Crippen molar-refractivity contribution in [3.8, 4) is 11.6 Å². The summed E-state index contributed by atoms with van der Waals surface area (Å²) < 4.78 is 5.42. The Labute approximate surface area is 108 Å². The third kappa shape index (κ3) is 2.67. The number of amides is 1. The third-order valence-corrected chi connectivity index (χ3v) is 2.25. The Bertz CT molecular complexity index is 583. The number of carbonyl (C=O) groups is 1. The van der Waals surface area contributed by atoms with Crippen LogP contribution in [-0.2, 0) is 0 Å². The molecule has 92 valence electrons. The van der Waals surface area contributed by atoms with Gasteiger partial charge in [0.05, 0.1) is 5.56 Å². The second-order valence-corrected chi connectivity index (χ2v) is 3.74. The molecule has 0 fully saturated rings. The first-order chi connectivity index (χ1) is 8.56. The molecule has 1 amide bonds. The van der Waals surface area contributed by atoms with E-state index in [-0.39, 0.29) is 28.3 Å². The molecular weight excluding hydrogens is 256 g/mol. The number of hydrogen-bond donors (Lipinski definition) is 2. The van der Waals surface area contributed by atoms with Gasteiger partial charge < -0.3 is 16.2 Å². The van der Waals surface area contributed by atoms with Crippen LogP contribution in [0, 0.1) is 0 Å². The summed E-state index contributed by atoms with van der Waals surface area (Å²) in [4.78, 5) is 18.7. The maximum Gasteiger partial charge on any atom is 0.252 e. The molecule has 2 rings (SSSR count). The topological polar surface area (TPSA) is 104 Å². The number of primary amides is 1. The highest BCUT2D eigenvalue weighted by atomic mass is 35.5. The highest BCUT2D eigenvalue weighted by molar-refractivity contribution is 6.29. The number of ether oxygens (including phenoxy) is 1. The normalized spacial score (nSPS) is 10.1. The Balaban J connectivity index is 2.37. The number of rotatable bonds is 3. The lowest BCUT2D eigenvalue weighted by Crippen LogP contribution is -2.12. The second kappa shape index (κ2) is 4.89. The van der Waals surface area contributed by atoms with E-state index in [1.54, 1.807) is 24.3 Å². The van der Waals surface area contributed by atoms with Crippen molar-refractivity contribution in [1.29, 1.82) is 0 Å². The monoisotopic (exact) mass is 264 g/mol. The van der Waals surface area contributed by atoms with E-state index in [0.717, 1.165) is 0 Å². The minimum absolute atomic E-state index is 0.0194. The smallest absolute Gasteiger partial charge is 0.252 e. The SMILES string of the molecule is NC(=O)c1ccccc1Oc1cc(Cl)nc(N)n1. The van der Waals surface area contributed by atoms with Crippen LogP contribution in [0.4, 0.5) is 5.95 Å². The van der Waals surface area contributed by atoms with E-state index < -0.39 is 5.91 Å². The number of nitrogen functional groups attached to an aromatic ring is 1. The molecule has 0 radical (unpaired) electrons. The van der Waals surface area contributed by atoms with Gasteiger partial charge in [0.25, 0.3) is 5.91 Å². The summed E-state index contributed by atoms with van der Waals surface area (Å²) in [6.45, 7) is 0. The molecule has 18 heavy (non-hydrogen) atoms. The highest BCUT2D eigenvalue weighted by Crippen LogP contribution is 2.25. The number of hydrogen-bond acceptors (Lipinski definition) is 5. The lowest BCUT2D eigenvalue weighted by atomic mass is 10.2. The van der Waals surface area contributed by atoms with Crippen LogP contribution in [0.2, 0.25) is 5.15 Å². The van der Waals surface area contributed by atoms with Gasteiger partial charge in [0.1, 0.15) is 10.9 Å². The molecule has 2 aromatic rings. The van der Waals surface area contributed by atoms with Gasteiger partial charge in [0.2, 0.25) is 11.8 Å². The quantitative estimate of drug-likeness (QED) is 0.820. The largest absolute Gasteiger partial charge is 0.438 e. The molecule has 6 nitrogen and oxygen atoms in total. The number of halogens is 1. The molecule has 0 bridgehead atoms. The summed E-state index contributed by atoms with van der Waals surface area (Å²) in [6, 6.07) is 7.90. The van der Waals surface area contributed by atoms with Crippen molar-refractivity contribution in [2.75, 3.05) is 5.73 Å². The fourth-order valence-electron chi connectivity index (χ4n) is 1.34. The van der Waals surface area contributed by atoms with Crippen molar-refractivity contribution in [2.45, 2.75) is 0 Å². The van der Waals surface area contributed by atoms with Crippen molar-refractivity contribution in [1.82, 2.24) is 9.97 Å². The average Bonchev–Trinajstić information content (AvgIpc) is 2.27. The molecule has 1 aromatic heterocycles. The zero-order chi connectivity index (χ0) is 13.1. The molecule has 0 spiro atoms. The van der Waals surface area contributed by atoms with E-state index >= 15 is 0 Å². The van der Waals surface area contributed by atoms with E-state index in [9.17, 15) is 4.79 Å². The number of nitrogens with two attached hydrogens (primary N) is 2. The Morgan fingerprint density at radius 3 is 2.67 bits per heavy atom. The van der Waals surface area contributed by atoms with Gasteiger partial charge in [0.15, 0.2) is 0 Å². The number of benzene rings is 1. The van der Waals surface area contributed by atoms with Crippen LogP contribution in [0.25, 0.3) is 0 Å². The van der Waals surface area contributed by atoms with Crippen LogP contribution < -0.4 is 16.2 Å². The minimum atomic E-state index is -0.598. The fourth-order valence-corrected chi connectivity index (χ4v) is 1.52. The number of nitrogens with zero attached hydrogens (tertiary/aromatic N) is 2. The summed E-state index contributed by atoms with van der Waals surface area (Å²) in [5.41, 5.74) is 10.9.